The van der Waals surface area contributed by atoms with Gasteiger partial charge in [0.2, 0.25) is 5.96 Å². The Morgan fingerprint density at radius 2 is 1.22 bits per heavy atom. The van der Waals surface area contributed by atoms with Gasteiger partial charge >= 0.3 is 18.3 Å². The molecule has 1 aromatic rings. The smallest absolute Gasteiger partial charge is 0.414 e. The summed E-state index contributed by atoms with van der Waals surface area (Å²) in [4.78, 5) is 53.2. The van der Waals surface area contributed by atoms with Crippen molar-refractivity contribution in [1.29, 1.82) is 0 Å². The summed E-state index contributed by atoms with van der Waals surface area (Å²) in [5, 5.41) is 22.9. The van der Waals surface area contributed by atoms with Crippen molar-refractivity contribution in [3.05, 3.63) is 26.6 Å². The minimum atomic E-state index is -0.795. The first-order chi connectivity index (χ1) is 22.6. The van der Waals surface area contributed by atoms with Gasteiger partial charge in [-0.05, 0) is 131 Å². The molecule has 0 fully saturated rings. The van der Waals surface area contributed by atoms with Crippen LogP contribution in [-0.2, 0) is 25.4 Å². The number of hydrogen-bond acceptors (Lipinski definition) is 11. The number of guanidine groups is 1. The molecule has 0 saturated heterocycles. The van der Waals surface area contributed by atoms with Crippen LogP contribution < -0.4 is 26.0 Å². The molecule has 5 N–H and O–H groups in total. The van der Waals surface area contributed by atoms with Crippen molar-refractivity contribution < 1.29 is 43.3 Å². The molecule has 1 rings (SSSR count). The number of unbranched alkanes of at least 4 members (excludes halogenated alkanes) is 1. The van der Waals surface area contributed by atoms with E-state index in [0.29, 0.717) is 52.7 Å². The summed E-state index contributed by atoms with van der Waals surface area (Å²) < 4.78 is 22.8. The molecule has 0 radical (unpaired) electrons. The molecule has 49 heavy (non-hydrogen) atoms. The monoisotopic (exact) mass is 820 g/mol. The molecule has 1 aromatic carbocycles. The summed E-state index contributed by atoms with van der Waals surface area (Å²) in [6.45, 7) is 16.7. The standard InChI is InChI=1S/C32H50Br2N6O9/c1-30(2,3)47-27(42)37-15-12-16-46-24-21(33)17-20(18-22(24)34)19-23(40-45)25(41)35-13-10-11-14-36-26(38-28(43)48-31(4,5)6)39-29(44)49-32(7,8)9/h17-18,45H,10-16,19H2,1-9H3,(H,35,41)(H,37,42)(H2,36,38,39,43,44)/b40-23-. The number of hydrogen-bond donors (Lipinski definition) is 5. The highest BCUT2D eigenvalue weighted by atomic mass is 79.9. The second-order valence-corrected chi connectivity index (χ2v) is 15.4. The van der Waals surface area contributed by atoms with Gasteiger partial charge in [0, 0.05) is 26.1 Å². The fourth-order valence-electron chi connectivity index (χ4n) is 3.60. The van der Waals surface area contributed by atoms with E-state index in [-0.39, 0.29) is 31.2 Å². The topological polar surface area (TPSA) is 198 Å². The number of amides is 4. The summed E-state index contributed by atoms with van der Waals surface area (Å²) in [6.07, 6.45) is -0.517. The number of aliphatic imine (C=N–C) groups is 1. The highest BCUT2D eigenvalue weighted by molar-refractivity contribution is 9.11. The fourth-order valence-corrected chi connectivity index (χ4v) is 5.11. The minimum Gasteiger partial charge on any atom is -0.491 e. The van der Waals surface area contributed by atoms with Crippen molar-refractivity contribution >= 4 is 67.7 Å². The molecule has 4 amide bonds. The van der Waals surface area contributed by atoms with Gasteiger partial charge in [0.05, 0.1) is 15.6 Å². The Labute approximate surface area is 304 Å². The van der Waals surface area contributed by atoms with Gasteiger partial charge in [0.15, 0.2) is 0 Å². The first-order valence-electron chi connectivity index (χ1n) is 15.7. The van der Waals surface area contributed by atoms with Crippen LogP contribution in [0.1, 0.15) is 87.1 Å². The van der Waals surface area contributed by atoms with Crippen LogP contribution >= 0.6 is 31.9 Å². The normalized spacial score (nSPS) is 11.9. The van der Waals surface area contributed by atoms with E-state index in [1.807, 2.05) is 0 Å². The Bertz CT molecular complexity index is 1290. The number of carbonyl (C=O) groups excluding carboxylic acids is 4. The number of rotatable bonds is 13. The molecule has 0 heterocycles. The average molecular weight is 823 g/mol. The van der Waals surface area contributed by atoms with E-state index in [1.54, 1.807) is 74.4 Å². The predicted molar refractivity (Wildman–Crippen MR) is 192 cm³/mol. The highest BCUT2D eigenvalue weighted by Crippen LogP contribution is 2.35. The average Bonchev–Trinajstić information content (AvgIpc) is 2.91. The molecule has 0 unspecified atom stereocenters. The molecule has 0 aromatic heterocycles. The molecule has 0 spiro atoms. The van der Waals surface area contributed by atoms with E-state index < -0.39 is 41.0 Å². The third-order valence-electron chi connectivity index (χ3n) is 5.43. The fraction of sp³-hybridized carbons (Fsp3) is 0.625. The number of oxime groups is 1. The SMILES string of the molecule is CC(C)(C)OC(=O)NCCCOc1c(Br)cc(C/C(=N/O)C(=O)NCCCCN=C(NC(=O)OC(C)(C)C)NC(=O)OC(C)(C)C)cc1Br. The van der Waals surface area contributed by atoms with E-state index >= 15 is 0 Å². The van der Waals surface area contributed by atoms with Crippen LogP contribution in [0.4, 0.5) is 14.4 Å². The van der Waals surface area contributed by atoms with Gasteiger partial charge in [-0.15, -0.1) is 0 Å². The summed E-state index contributed by atoms with van der Waals surface area (Å²) in [5.41, 5.74) is -1.51. The van der Waals surface area contributed by atoms with Crippen LogP contribution in [-0.4, -0.2) is 84.1 Å². The number of nitrogens with one attached hydrogen (secondary N) is 4. The Hall–Kier alpha value is -3.60. The number of benzene rings is 1. The Morgan fingerprint density at radius 1 is 0.735 bits per heavy atom. The van der Waals surface area contributed by atoms with Crippen molar-refractivity contribution in [2.75, 3.05) is 26.2 Å². The minimum absolute atomic E-state index is 0.0416. The van der Waals surface area contributed by atoms with Crippen LogP contribution in [0, 0.1) is 0 Å². The second kappa shape index (κ2) is 20.2. The molecular formula is C32H50Br2N6O9. The quantitative estimate of drug-likeness (QED) is 0.0385. The van der Waals surface area contributed by atoms with E-state index in [9.17, 15) is 24.4 Å². The molecule has 0 saturated carbocycles. The summed E-state index contributed by atoms with van der Waals surface area (Å²) in [5.74, 6) is -0.137. The van der Waals surface area contributed by atoms with Gasteiger partial charge in [-0.3, -0.25) is 20.4 Å². The van der Waals surface area contributed by atoms with E-state index in [2.05, 4.69) is 63.3 Å². The molecule has 0 aliphatic rings. The lowest BCUT2D eigenvalue weighted by Gasteiger charge is -2.22. The van der Waals surface area contributed by atoms with Gasteiger partial charge in [-0.25, -0.2) is 14.4 Å². The Balaban J connectivity index is 2.62. The molecule has 17 heteroatoms. The number of carbonyl (C=O) groups is 4. The zero-order valence-electron chi connectivity index (χ0n) is 29.7. The maximum Gasteiger partial charge on any atom is 0.414 e. The lowest BCUT2D eigenvalue weighted by atomic mass is 10.1. The summed E-state index contributed by atoms with van der Waals surface area (Å²) >= 11 is 6.96. The summed E-state index contributed by atoms with van der Waals surface area (Å²) in [7, 11) is 0. The molecule has 276 valence electrons. The number of ether oxygens (including phenoxy) is 4. The molecular weight excluding hydrogens is 772 g/mol. The summed E-state index contributed by atoms with van der Waals surface area (Å²) in [6, 6.07) is 3.51. The van der Waals surface area contributed by atoms with Crippen molar-refractivity contribution in [2.24, 2.45) is 10.1 Å². The van der Waals surface area contributed by atoms with Gasteiger partial charge < -0.3 is 34.8 Å². The lowest BCUT2D eigenvalue weighted by Crippen LogP contribution is -2.47. The van der Waals surface area contributed by atoms with Gasteiger partial charge in [0.25, 0.3) is 5.91 Å². The zero-order chi connectivity index (χ0) is 37.4. The Kier molecular flexibility index (Phi) is 17.9. The van der Waals surface area contributed by atoms with Crippen LogP contribution in [0.3, 0.4) is 0 Å². The largest absolute Gasteiger partial charge is 0.491 e. The number of nitrogens with zero attached hydrogens (tertiary/aromatic N) is 2. The van der Waals surface area contributed by atoms with Crippen LogP contribution in [0.2, 0.25) is 0 Å². The zero-order valence-corrected chi connectivity index (χ0v) is 32.8. The predicted octanol–water partition coefficient (Wildman–Crippen LogP) is 6.18. The second-order valence-electron chi connectivity index (χ2n) is 13.7. The van der Waals surface area contributed by atoms with Crippen molar-refractivity contribution in [2.45, 2.75) is 105 Å². The maximum absolute atomic E-state index is 12.7. The van der Waals surface area contributed by atoms with Crippen LogP contribution in [0.25, 0.3) is 0 Å². The molecule has 0 bridgehead atoms. The molecule has 15 nitrogen and oxygen atoms in total. The van der Waals surface area contributed by atoms with E-state index in [1.165, 1.54) is 0 Å². The Morgan fingerprint density at radius 3 is 1.71 bits per heavy atom. The lowest BCUT2D eigenvalue weighted by molar-refractivity contribution is -0.115. The third kappa shape index (κ3) is 20.5. The van der Waals surface area contributed by atoms with Gasteiger partial charge in [-0.2, -0.15) is 0 Å². The molecule has 0 aliphatic carbocycles. The third-order valence-corrected chi connectivity index (χ3v) is 6.61. The molecule has 0 aliphatic heterocycles. The van der Waals surface area contributed by atoms with E-state index in [4.69, 9.17) is 18.9 Å². The number of halogens is 2. The number of alkyl carbamates (subject to hydrolysis) is 3. The first-order valence-corrected chi connectivity index (χ1v) is 17.3. The van der Waals surface area contributed by atoms with Crippen molar-refractivity contribution in [1.82, 2.24) is 21.3 Å². The molecule has 0 atom stereocenters. The first kappa shape index (κ1) is 43.4. The van der Waals surface area contributed by atoms with Gasteiger partial charge in [0.1, 0.15) is 28.3 Å². The van der Waals surface area contributed by atoms with Crippen LogP contribution in [0.15, 0.2) is 31.2 Å². The van der Waals surface area contributed by atoms with Crippen LogP contribution in [0.5, 0.6) is 5.75 Å². The highest BCUT2D eigenvalue weighted by Gasteiger charge is 2.22. The maximum atomic E-state index is 12.7. The van der Waals surface area contributed by atoms with E-state index in [0.717, 1.165) is 0 Å². The van der Waals surface area contributed by atoms with Crippen molar-refractivity contribution in [3.63, 3.8) is 0 Å². The van der Waals surface area contributed by atoms with Gasteiger partial charge in [-0.1, -0.05) is 5.16 Å². The van der Waals surface area contributed by atoms with Crippen molar-refractivity contribution in [3.8, 4) is 5.75 Å².